The van der Waals surface area contributed by atoms with E-state index in [1.54, 1.807) is 7.11 Å². The third-order valence-corrected chi connectivity index (χ3v) is 8.18. The lowest BCUT2D eigenvalue weighted by molar-refractivity contribution is -0.146. The smallest absolute Gasteiger partial charge is 0.316 e. The molecule has 1 heterocycles. The van der Waals surface area contributed by atoms with Crippen LogP contribution in [-0.2, 0) is 19.7 Å². The Morgan fingerprint density at radius 1 is 1.05 bits per heavy atom. The summed E-state index contributed by atoms with van der Waals surface area (Å²) in [4.78, 5) is 13.1. The molecule has 1 aliphatic rings. The topological polar surface area (TPSA) is 77.0 Å². The van der Waals surface area contributed by atoms with E-state index in [0.717, 1.165) is 52.0 Å². The Kier molecular flexibility index (Phi) is 8.21. The van der Waals surface area contributed by atoms with Crippen LogP contribution in [0.5, 0.6) is 5.75 Å². The molecule has 1 unspecified atom stereocenters. The molecule has 5 rings (SSSR count). The molecule has 0 saturated heterocycles. The lowest BCUT2D eigenvalue weighted by Crippen LogP contribution is -2.24. The molecule has 2 N–H and O–H groups in total. The van der Waals surface area contributed by atoms with Crippen molar-refractivity contribution in [1.82, 2.24) is 0 Å². The molecule has 2 atom stereocenters. The highest BCUT2D eigenvalue weighted by Crippen LogP contribution is 2.50. The molecule has 0 bridgehead atoms. The van der Waals surface area contributed by atoms with Gasteiger partial charge >= 0.3 is 5.97 Å². The Hall–Kier alpha value is -3.72. The van der Waals surface area contributed by atoms with Crippen LogP contribution in [0.1, 0.15) is 43.9 Å². The van der Waals surface area contributed by atoms with Gasteiger partial charge in [0.15, 0.2) is 5.13 Å². The molecule has 1 aromatic heterocycles. The maximum Gasteiger partial charge on any atom is 0.316 e. The van der Waals surface area contributed by atoms with Crippen molar-refractivity contribution >= 4 is 23.0 Å². The van der Waals surface area contributed by atoms with Crippen molar-refractivity contribution in [3.8, 4) is 27.3 Å². The summed E-state index contributed by atoms with van der Waals surface area (Å²) >= 11 is 0.969. The molecule has 1 saturated carbocycles. The second kappa shape index (κ2) is 11.8. The molecule has 4 aromatic rings. The zero-order chi connectivity index (χ0) is 28.3. The fourth-order valence-electron chi connectivity index (χ4n) is 4.89. The van der Waals surface area contributed by atoms with Crippen molar-refractivity contribution in [3.05, 3.63) is 95.1 Å². The van der Waals surface area contributed by atoms with Gasteiger partial charge in [0.2, 0.25) is 6.41 Å². The second-order valence-corrected chi connectivity index (χ2v) is 10.8. The molecule has 1 aliphatic carbocycles. The van der Waals surface area contributed by atoms with Crippen LogP contribution in [-0.4, -0.2) is 31.2 Å². The first-order valence-electron chi connectivity index (χ1n) is 13.3. The van der Waals surface area contributed by atoms with E-state index in [1.807, 2.05) is 86.6 Å². The van der Waals surface area contributed by atoms with Gasteiger partial charge in [-0.3, -0.25) is 4.79 Å². The quantitative estimate of drug-likeness (QED) is 0.148. The highest BCUT2D eigenvalue weighted by molar-refractivity contribution is 7.14. The molecular weight excluding hydrogens is 529 g/mol. The third-order valence-electron chi connectivity index (χ3n) is 7.21. The van der Waals surface area contributed by atoms with E-state index < -0.39 is 17.0 Å². The van der Waals surface area contributed by atoms with Crippen LogP contribution >= 0.6 is 11.3 Å². The van der Waals surface area contributed by atoms with Crippen LogP contribution in [0.2, 0.25) is 0 Å². The van der Waals surface area contributed by atoms with Gasteiger partial charge in [0.05, 0.1) is 35.8 Å². The van der Waals surface area contributed by atoms with Crippen LogP contribution in [0.3, 0.4) is 0 Å². The number of aliphatic hydroxyl groups excluding tert-OH is 1. The maximum absolute atomic E-state index is 14.4. The van der Waals surface area contributed by atoms with Crippen molar-refractivity contribution in [2.75, 3.05) is 19.0 Å². The zero-order valence-electron chi connectivity index (χ0n) is 22.6. The number of aliphatic hydroxyl groups is 1. The number of carbonyl (C=O) groups excluding carboxylic acids is 1. The number of methoxy groups -OCH3 is 1. The fraction of sp³-hybridized carbons (Fsp3) is 0.281. The first-order valence-corrected chi connectivity index (χ1v) is 14.1. The number of carbonyl (C=O) groups is 1. The van der Waals surface area contributed by atoms with E-state index in [4.69, 9.17) is 14.2 Å². The van der Waals surface area contributed by atoms with Gasteiger partial charge < -0.3 is 24.6 Å². The van der Waals surface area contributed by atoms with Gasteiger partial charge in [-0.2, -0.15) is 4.39 Å². The number of anilines is 1. The highest BCUT2D eigenvalue weighted by Gasteiger charge is 2.52. The van der Waals surface area contributed by atoms with E-state index in [-0.39, 0.29) is 12.1 Å². The zero-order valence-corrected chi connectivity index (χ0v) is 23.5. The summed E-state index contributed by atoms with van der Waals surface area (Å²) in [5.41, 5.74) is 4.30. The summed E-state index contributed by atoms with van der Waals surface area (Å²) in [7, 11) is 1.59. The van der Waals surface area contributed by atoms with Crippen molar-refractivity contribution in [2.45, 2.75) is 44.6 Å². The largest absolute Gasteiger partial charge is 0.496 e. The van der Waals surface area contributed by atoms with Gasteiger partial charge in [-0.25, -0.2) is 0 Å². The van der Waals surface area contributed by atoms with E-state index in [9.17, 15) is 14.3 Å². The monoisotopic (exact) mass is 561 g/mol. The van der Waals surface area contributed by atoms with Gasteiger partial charge in [0.25, 0.3) is 0 Å². The van der Waals surface area contributed by atoms with Crippen molar-refractivity contribution in [1.29, 1.82) is 0 Å². The van der Waals surface area contributed by atoms with Crippen LogP contribution in [0, 0.1) is 5.13 Å². The number of thiophene rings is 1. The minimum absolute atomic E-state index is 0.165. The first kappa shape index (κ1) is 27.8. The van der Waals surface area contributed by atoms with Crippen molar-refractivity contribution < 1.29 is 28.5 Å². The summed E-state index contributed by atoms with van der Waals surface area (Å²) in [6, 6.07) is 24.5. The molecule has 208 valence electrons. The molecule has 1 fully saturated rings. The first-order chi connectivity index (χ1) is 19.3. The van der Waals surface area contributed by atoms with E-state index >= 15 is 0 Å². The van der Waals surface area contributed by atoms with Gasteiger partial charge in [-0.15, -0.1) is 11.3 Å². The predicted octanol–water partition coefficient (Wildman–Crippen LogP) is 7.29. The van der Waals surface area contributed by atoms with E-state index in [2.05, 4.69) is 5.32 Å². The third kappa shape index (κ3) is 5.75. The summed E-state index contributed by atoms with van der Waals surface area (Å²) in [5.74, 6) is 0.452. The molecule has 6 nitrogen and oxygen atoms in total. The summed E-state index contributed by atoms with van der Waals surface area (Å²) < 4.78 is 31.1. The Balaban J connectivity index is 1.35. The number of halogens is 1. The van der Waals surface area contributed by atoms with Crippen LogP contribution in [0.4, 0.5) is 10.1 Å². The van der Waals surface area contributed by atoms with Gasteiger partial charge in [0, 0.05) is 11.6 Å². The molecule has 0 spiro atoms. The minimum Gasteiger partial charge on any atom is -0.496 e. The number of hydrogen-bond acceptors (Lipinski definition) is 7. The van der Waals surface area contributed by atoms with Crippen LogP contribution in [0.15, 0.2) is 78.9 Å². The Labute approximate surface area is 237 Å². The average molecular weight is 562 g/mol. The normalized spacial score (nSPS) is 15.2. The Bertz CT molecular complexity index is 1470. The number of rotatable bonds is 11. The van der Waals surface area contributed by atoms with Gasteiger partial charge in [-0.1, -0.05) is 66.7 Å². The standard InChI is InChI=1S/C32H32FNO5S/c1-4-38-30(35)32(16-17-32)24-13-10-22(11-14-24)25-15-12-23(18-27(25)37-3)29-26(19-28(33)40-29)34-31(36)39-20(2)21-8-6-5-7-9-21/h5-15,18-20,31,34,36H,4,16-17H2,1-3H3/t20-,31?/m1/s1. The fourth-order valence-corrected chi connectivity index (χ4v) is 5.73. The molecular formula is C32H32FNO5S. The van der Waals surface area contributed by atoms with E-state index in [0.29, 0.717) is 22.9 Å². The predicted molar refractivity (Wildman–Crippen MR) is 155 cm³/mol. The highest BCUT2D eigenvalue weighted by atomic mass is 32.1. The van der Waals surface area contributed by atoms with Gasteiger partial charge in [0.1, 0.15) is 5.75 Å². The molecule has 0 radical (unpaired) electrons. The summed E-state index contributed by atoms with van der Waals surface area (Å²) in [6.45, 7) is 4.03. The molecule has 40 heavy (non-hydrogen) atoms. The van der Waals surface area contributed by atoms with Crippen LogP contribution < -0.4 is 10.1 Å². The SMILES string of the molecule is CCOC(=O)C1(c2ccc(-c3ccc(-c4sc(F)cc4NC(O)O[C@H](C)c4ccccc4)cc3OC)cc2)CC1. The number of ether oxygens (including phenoxy) is 3. The molecule has 0 aliphatic heterocycles. The number of benzene rings is 3. The van der Waals surface area contributed by atoms with E-state index in [1.165, 1.54) is 6.07 Å². The Morgan fingerprint density at radius 2 is 1.75 bits per heavy atom. The number of nitrogens with one attached hydrogen (secondary N) is 1. The lowest BCUT2D eigenvalue weighted by atomic mass is 9.93. The second-order valence-electron chi connectivity index (χ2n) is 9.77. The van der Waals surface area contributed by atoms with Crippen molar-refractivity contribution in [3.63, 3.8) is 0 Å². The number of esters is 1. The van der Waals surface area contributed by atoms with Crippen LogP contribution in [0.25, 0.3) is 21.6 Å². The molecule has 3 aromatic carbocycles. The Morgan fingerprint density at radius 3 is 2.40 bits per heavy atom. The van der Waals surface area contributed by atoms with Gasteiger partial charge in [-0.05, 0) is 55.0 Å². The van der Waals surface area contributed by atoms with Crippen molar-refractivity contribution in [2.24, 2.45) is 0 Å². The average Bonchev–Trinajstić information content (AvgIpc) is 3.70. The minimum atomic E-state index is -1.34. The lowest BCUT2D eigenvalue weighted by Gasteiger charge is -2.20. The number of hydrogen-bond donors (Lipinski definition) is 2. The molecule has 0 amide bonds. The summed E-state index contributed by atoms with van der Waals surface area (Å²) in [6.07, 6.45) is -0.121. The summed E-state index contributed by atoms with van der Waals surface area (Å²) in [5, 5.41) is 13.0. The molecule has 8 heteroatoms. The maximum atomic E-state index is 14.4.